The van der Waals surface area contributed by atoms with Crippen LogP contribution in [0.3, 0.4) is 0 Å². The Morgan fingerprint density at radius 2 is 2.22 bits per heavy atom. The summed E-state index contributed by atoms with van der Waals surface area (Å²) in [6, 6.07) is 9.63. The average Bonchev–Trinajstić information content (AvgIpc) is 2.99. The molecule has 0 N–H and O–H groups in total. The van der Waals surface area contributed by atoms with E-state index >= 15 is 0 Å². The molecule has 0 radical (unpaired) electrons. The highest BCUT2D eigenvalue weighted by atomic mass is 16.5. The van der Waals surface area contributed by atoms with Crippen LogP contribution in [0.2, 0.25) is 0 Å². The molecule has 6 heteroatoms. The zero-order valence-electron chi connectivity index (χ0n) is 13.7. The Bertz CT molecular complexity index is 698. The van der Waals surface area contributed by atoms with Gasteiger partial charge in [0.05, 0.1) is 24.5 Å². The molecule has 0 aliphatic carbocycles. The van der Waals surface area contributed by atoms with Crippen LogP contribution in [0.25, 0.3) is 0 Å². The summed E-state index contributed by atoms with van der Waals surface area (Å²) in [5.74, 6) is 0.937. The van der Waals surface area contributed by atoms with Crippen molar-refractivity contribution in [3.05, 3.63) is 41.8 Å². The van der Waals surface area contributed by atoms with Gasteiger partial charge in [0, 0.05) is 19.7 Å². The van der Waals surface area contributed by atoms with Crippen molar-refractivity contribution in [3.63, 3.8) is 0 Å². The predicted molar refractivity (Wildman–Crippen MR) is 86.9 cm³/mol. The van der Waals surface area contributed by atoms with Crippen molar-refractivity contribution in [1.82, 2.24) is 10.1 Å². The molecule has 0 saturated carbocycles. The molecule has 2 heterocycles. The normalized spacial score (nSPS) is 16.7. The summed E-state index contributed by atoms with van der Waals surface area (Å²) >= 11 is 0. The van der Waals surface area contributed by atoms with Crippen molar-refractivity contribution in [2.45, 2.75) is 20.0 Å². The van der Waals surface area contributed by atoms with Crippen LogP contribution in [0.1, 0.15) is 23.2 Å². The third kappa shape index (κ3) is 3.16. The molecule has 2 aromatic rings. The van der Waals surface area contributed by atoms with Crippen LogP contribution in [0.4, 0.5) is 5.69 Å². The van der Waals surface area contributed by atoms with Crippen molar-refractivity contribution in [2.75, 3.05) is 31.6 Å². The number of aryl methyl sites for hydroxylation is 1. The number of nitrogens with zero attached hydrogens (tertiary/aromatic N) is 3. The molecule has 0 bridgehead atoms. The van der Waals surface area contributed by atoms with E-state index in [1.54, 1.807) is 24.9 Å². The summed E-state index contributed by atoms with van der Waals surface area (Å²) in [5.41, 5.74) is 1.80. The second kappa shape index (κ2) is 6.32. The highest BCUT2D eigenvalue weighted by Gasteiger charge is 2.27. The van der Waals surface area contributed by atoms with Crippen LogP contribution < -0.4 is 9.64 Å². The molecule has 3 rings (SSSR count). The highest BCUT2D eigenvalue weighted by Crippen LogP contribution is 2.32. The van der Waals surface area contributed by atoms with Gasteiger partial charge in [-0.15, -0.1) is 0 Å². The van der Waals surface area contributed by atoms with Gasteiger partial charge in [0.25, 0.3) is 5.91 Å². The van der Waals surface area contributed by atoms with E-state index in [1.807, 2.05) is 18.2 Å². The molecule has 23 heavy (non-hydrogen) atoms. The van der Waals surface area contributed by atoms with E-state index < -0.39 is 0 Å². The van der Waals surface area contributed by atoms with Crippen molar-refractivity contribution in [3.8, 4) is 5.75 Å². The van der Waals surface area contributed by atoms with Gasteiger partial charge in [0.2, 0.25) is 5.76 Å². The number of fused-ring (bicyclic) bond motifs is 1. The van der Waals surface area contributed by atoms with Gasteiger partial charge < -0.3 is 19.1 Å². The van der Waals surface area contributed by atoms with Gasteiger partial charge in [-0.1, -0.05) is 17.3 Å². The molecule has 6 nitrogen and oxygen atoms in total. The first kappa shape index (κ1) is 15.4. The van der Waals surface area contributed by atoms with Crippen molar-refractivity contribution >= 4 is 11.6 Å². The zero-order chi connectivity index (χ0) is 16.4. The van der Waals surface area contributed by atoms with E-state index in [9.17, 15) is 4.79 Å². The Kier molecular flexibility index (Phi) is 4.23. The first-order valence-electron chi connectivity index (χ1n) is 7.78. The second-order valence-corrected chi connectivity index (χ2v) is 5.76. The van der Waals surface area contributed by atoms with Gasteiger partial charge in [0.1, 0.15) is 11.9 Å². The van der Waals surface area contributed by atoms with E-state index in [-0.39, 0.29) is 17.8 Å². The summed E-state index contributed by atoms with van der Waals surface area (Å²) in [6.07, 6.45) is -0.0807. The maximum absolute atomic E-state index is 12.4. The molecule has 122 valence electrons. The van der Waals surface area contributed by atoms with E-state index in [0.717, 1.165) is 24.5 Å². The number of carbonyl (C=O) groups is 1. The summed E-state index contributed by atoms with van der Waals surface area (Å²) in [6.45, 7) is 6.05. The summed E-state index contributed by atoms with van der Waals surface area (Å²) in [5, 5.41) is 3.76. The maximum Gasteiger partial charge on any atom is 0.292 e. The first-order valence-corrected chi connectivity index (χ1v) is 7.78. The number of anilines is 1. The molecular formula is C17H21N3O3. The van der Waals surface area contributed by atoms with Crippen molar-refractivity contribution in [1.29, 1.82) is 0 Å². The molecule has 1 aliphatic rings. The zero-order valence-corrected chi connectivity index (χ0v) is 13.7. The molecule has 1 aromatic heterocycles. The van der Waals surface area contributed by atoms with Gasteiger partial charge in [-0.05, 0) is 26.0 Å². The van der Waals surface area contributed by atoms with Gasteiger partial charge in [-0.25, -0.2) is 0 Å². The number of amides is 1. The number of para-hydroxylation sites is 2. The molecule has 0 saturated heterocycles. The Morgan fingerprint density at radius 1 is 1.43 bits per heavy atom. The smallest absolute Gasteiger partial charge is 0.292 e. The minimum Gasteiger partial charge on any atom is -0.485 e. The molecule has 1 atom stereocenters. The number of hydrogen-bond donors (Lipinski definition) is 0. The van der Waals surface area contributed by atoms with Crippen LogP contribution in [-0.2, 0) is 0 Å². The standard InChI is InChI=1S/C17H21N3O3/c1-4-20-11-13(22-15-8-6-5-7-14(15)20)10-19(3)17(21)16-9-12(2)18-23-16/h5-9,13H,4,10-11H2,1-3H3/t13-/m1/s1. The predicted octanol–water partition coefficient (Wildman–Crippen LogP) is 2.34. The minimum atomic E-state index is -0.184. The van der Waals surface area contributed by atoms with Crippen LogP contribution in [-0.4, -0.2) is 48.7 Å². The van der Waals surface area contributed by atoms with Gasteiger partial charge in [-0.3, -0.25) is 4.79 Å². The van der Waals surface area contributed by atoms with Crippen molar-refractivity contribution < 1.29 is 14.1 Å². The molecule has 1 amide bonds. The molecular weight excluding hydrogens is 294 g/mol. The van der Waals surface area contributed by atoms with E-state index in [4.69, 9.17) is 9.26 Å². The average molecular weight is 315 g/mol. The topological polar surface area (TPSA) is 58.8 Å². The van der Waals surface area contributed by atoms with Crippen LogP contribution >= 0.6 is 0 Å². The van der Waals surface area contributed by atoms with Gasteiger partial charge in [-0.2, -0.15) is 0 Å². The third-order valence-corrected chi connectivity index (χ3v) is 3.97. The second-order valence-electron chi connectivity index (χ2n) is 5.76. The monoisotopic (exact) mass is 315 g/mol. The number of aromatic nitrogens is 1. The number of rotatable bonds is 4. The van der Waals surface area contributed by atoms with Crippen LogP contribution in [0, 0.1) is 6.92 Å². The highest BCUT2D eigenvalue weighted by molar-refractivity contribution is 5.91. The number of benzene rings is 1. The number of hydrogen-bond acceptors (Lipinski definition) is 5. The number of carbonyl (C=O) groups excluding carboxylic acids is 1. The number of ether oxygens (including phenoxy) is 1. The molecule has 0 fully saturated rings. The molecule has 1 aliphatic heterocycles. The fraction of sp³-hybridized carbons (Fsp3) is 0.412. The quantitative estimate of drug-likeness (QED) is 0.867. The van der Waals surface area contributed by atoms with Crippen LogP contribution in [0.15, 0.2) is 34.9 Å². The lowest BCUT2D eigenvalue weighted by atomic mass is 10.2. The fourth-order valence-electron chi connectivity index (χ4n) is 2.81. The molecule has 0 unspecified atom stereocenters. The number of likely N-dealkylation sites (N-methyl/N-ethyl adjacent to an activating group) is 2. The third-order valence-electron chi connectivity index (χ3n) is 3.97. The Morgan fingerprint density at radius 3 is 2.91 bits per heavy atom. The Balaban J connectivity index is 1.70. The lowest BCUT2D eigenvalue weighted by molar-refractivity contribution is 0.0670. The lowest BCUT2D eigenvalue weighted by Crippen LogP contribution is -2.46. The SMILES string of the molecule is CCN1C[C@@H](CN(C)C(=O)c2cc(C)no2)Oc2ccccc21. The van der Waals surface area contributed by atoms with Crippen molar-refractivity contribution in [2.24, 2.45) is 0 Å². The summed E-state index contributed by atoms with van der Waals surface area (Å²) < 4.78 is 11.1. The van der Waals surface area contributed by atoms with E-state index in [1.165, 1.54) is 0 Å². The van der Waals surface area contributed by atoms with E-state index in [2.05, 4.69) is 23.0 Å². The Labute approximate surface area is 135 Å². The largest absolute Gasteiger partial charge is 0.485 e. The minimum absolute atomic E-state index is 0.0807. The lowest BCUT2D eigenvalue weighted by Gasteiger charge is -2.37. The molecule has 0 spiro atoms. The maximum atomic E-state index is 12.4. The fourth-order valence-corrected chi connectivity index (χ4v) is 2.81. The van der Waals surface area contributed by atoms with Crippen LogP contribution in [0.5, 0.6) is 5.75 Å². The first-order chi connectivity index (χ1) is 11.1. The van der Waals surface area contributed by atoms with Gasteiger partial charge >= 0.3 is 0 Å². The molecule has 1 aromatic carbocycles. The Hall–Kier alpha value is -2.50. The summed E-state index contributed by atoms with van der Waals surface area (Å²) in [4.78, 5) is 16.2. The van der Waals surface area contributed by atoms with Gasteiger partial charge in [0.15, 0.2) is 0 Å². The van der Waals surface area contributed by atoms with E-state index in [0.29, 0.717) is 12.2 Å². The summed E-state index contributed by atoms with van der Waals surface area (Å²) in [7, 11) is 1.75.